The average Bonchev–Trinajstić information content (AvgIpc) is 3.16. The van der Waals surface area contributed by atoms with E-state index in [1.165, 1.54) is 0 Å². The Labute approximate surface area is 159 Å². The van der Waals surface area contributed by atoms with Gasteiger partial charge in [-0.2, -0.15) is 5.26 Å². The number of carbonyl (C=O) groups excluding carboxylic acids is 2. The molecule has 2 amide bonds. The van der Waals surface area contributed by atoms with Gasteiger partial charge in [0.25, 0.3) is 11.8 Å². The smallest absolute Gasteiger partial charge is 0.271 e. The summed E-state index contributed by atoms with van der Waals surface area (Å²) in [6.07, 6.45) is 3.31. The second-order valence-corrected chi connectivity index (χ2v) is 7.01. The van der Waals surface area contributed by atoms with Crippen LogP contribution in [-0.4, -0.2) is 50.1 Å². The number of hydrogen-bond acceptors (Lipinski definition) is 5. The van der Waals surface area contributed by atoms with Crippen LogP contribution in [0.1, 0.15) is 25.3 Å². The number of anilines is 1. The molecule has 2 aliphatic rings. The van der Waals surface area contributed by atoms with E-state index < -0.39 is 5.91 Å². The van der Waals surface area contributed by atoms with Gasteiger partial charge in [-0.1, -0.05) is 12.1 Å². The van der Waals surface area contributed by atoms with Crippen LogP contribution in [0, 0.1) is 11.3 Å². The van der Waals surface area contributed by atoms with Gasteiger partial charge in [0.15, 0.2) is 0 Å². The number of hydrogen-bond donors (Lipinski definition) is 0. The van der Waals surface area contributed by atoms with Crippen molar-refractivity contribution in [2.45, 2.75) is 25.9 Å². The predicted molar refractivity (Wildman–Crippen MR) is 103 cm³/mol. The molecule has 0 bridgehead atoms. The zero-order valence-electron chi connectivity index (χ0n) is 15.9. The minimum Gasteiger partial charge on any atom is -0.378 e. The summed E-state index contributed by atoms with van der Waals surface area (Å²) < 4.78 is 5.57. The number of rotatable bonds is 4. The molecular formula is C21H23N3O3. The first-order valence-corrected chi connectivity index (χ1v) is 9.00. The Hall–Kier alpha value is -2.91. The summed E-state index contributed by atoms with van der Waals surface area (Å²) in [4.78, 5) is 28.8. The Morgan fingerprint density at radius 1 is 1.26 bits per heavy atom. The fourth-order valence-electron chi connectivity index (χ4n) is 3.32. The molecule has 140 valence electrons. The Balaban J connectivity index is 1.96. The lowest BCUT2D eigenvalue weighted by Gasteiger charge is -2.29. The third kappa shape index (κ3) is 3.79. The molecular weight excluding hydrogens is 342 g/mol. The summed E-state index contributed by atoms with van der Waals surface area (Å²) in [5, 5.41) is 9.45. The molecule has 0 aromatic heterocycles. The third-order valence-corrected chi connectivity index (χ3v) is 4.96. The van der Waals surface area contributed by atoms with Crippen molar-refractivity contribution >= 4 is 23.6 Å². The molecule has 0 unspecified atom stereocenters. The van der Waals surface area contributed by atoms with Gasteiger partial charge in [0.05, 0.1) is 12.6 Å². The molecule has 0 saturated carbocycles. The zero-order chi connectivity index (χ0) is 19.6. The second-order valence-electron chi connectivity index (χ2n) is 7.01. The Bertz CT molecular complexity index is 854. The minimum atomic E-state index is -0.532. The standard InChI is InChI=1S/C21H23N3O3/c1-14-18(11-15-6-8-16(9-7-15)23(2)3)20(25)24(21(26)19(14)12-22)13-17-5-4-10-27-17/h6-9,11,17H,4-5,10,13H2,1-3H3/b18-11-/t17-/m0/s1. The predicted octanol–water partition coefficient (Wildman–Crippen LogP) is 2.52. The molecule has 0 radical (unpaired) electrons. The summed E-state index contributed by atoms with van der Waals surface area (Å²) >= 11 is 0. The highest BCUT2D eigenvalue weighted by Crippen LogP contribution is 2.28. The number of imide groups is 1. The highest BCUT2D eigenvalue weighted by atomic mass is 16.5. The van der Waals surface area contributed by atoms with Crippen LogP contribution < -0.4 is 4.90 Å². The fraction of sp³-hybridized carbons (Fsp3) is 0.381. The van der Waals surface area contributed by atoms with Gasteiger partial charge in [-0.15, -0.1) is 0 Å². The number of carbonyl (C=O) groups is 2. The van der Waals surface area contributed by atoms with Crippen LogP contribution in [-0.2, 0) is 14.3 Å². The highest BCUT2D eigenvalue weighted by Gasteiger charge is 2.37. The third-order valence-electron chi connectivity index (χ3n) is 4.96. The van der Waals surface area contributed by atoms with E-state index >= 15 is 0 Å². The van der Waals surface area contributed by atoms with Crippen LogP contribution in [0.25, 0.3) is 6.08 Å². The molecule has 1 atom stereocenters. The number of amides is 2. The van der Waals surface area contributed by atoms with Crippen molar-refractivity contribution in [1.82, 2.24) is 4.90 Å². The van der Waals surface area contributed by atoms with Crippen LogP contribution in [0.15, 0.2) is 41.0 Å². The van der Waals surface area contributed by atoms with Crippen molar-refractivity contribution in [3.05, 3.63) is 46.5 Å². The lowest BCUT2D eigenvalue weighted by atomic mass is 9.93. The Morgan fingerprint density at radius 3 is 2.52 bits per heavy atom. The topological polar surface area (TPSA) is 73.6 Å². The molecule has 2 aliphatic heterocycles. The molecule has 0 aliphatic carbocycles. The highest BCUT2D eigenvalue weighted by molar-refractivity contribution is 6.19. The molecule has 27 heavy (non-hydrogen) atoms. The van der Waals surface area contributed by atoms with E-state index in [0.29, 0.717) is 17.8 Å². The van der Waals surface area contributed by atoms with E-state index in [0.717, 1.165) is 29.0 Å². The normalized spacial score (nSPS) is 21.8. The quantitative estimate of drug-likeness (QED) is 0.605. The van der Waals surface area contributed by atoms with Gasteiger partial charge in [0.2, 0.25) is 0 Å². The summed E-state index contributed by atoms with van der Waals surface area (Å²) in [5.74, 6) is -0.903. The summed E-state index contributed by atoms with van der Waals surface area (Å²) in [6.45, 7) is 2.48. The van der Waals surface area contributed by atoms with E-state index in [1.54, 1.807) is 13.0 Å². The van der Waals surface area contributed by atoms with Gasteiger partial charge in [-0.25, -0.2) is 0 Å². The summed E-state index contributed by atoms with van der Waals surface area (Å²) in [5.41, 5.74) is 2.71. The average molecular weight is 365 g/mol. The van der Waals surface area contributed by atoms with E-state index in [-0.39, 0.29) is 24.1 Å². The van der Waals surface area contributed by atoms with E-state index in [2.05, 4.69) is 0 Å². The SMILES string of the molecule is CC1=C(C#N)C(=O)N(C[C@@H]2CCCO2)C(=O)/C1=C\c1ccc(N(C)C)cc1. The molecule has 3 rings (SSSR count). The van der Waals surface area contributed by atoms with Crippen molar-refractivity contribution in [2.75, 3.05) is 32.1 Å². The van der Waals surface area contributed by atoms with Crippen molar-refractivity contribution in [3.63, 3.8) is 0 Å². The molecule has 6 heteroatoms. The van der Waals surface area contributed by atoms with Crippen LogP contribution in [0.4, 0.5) is 5.69 Å². The maximum absolute atomic E-state index is 13.0. The molecule has 1 aromatic rings. The van der Waals surface area contributed by atoms with Gasteiger partial charge in [0, 0.05) is 32.0 Å². The monoisotopic (exact) mass is 365 g/mol. The molecule has 6 nitrogen and oxygen atoms in total. The van der Waals surface area contributed by atoms with Gasteiger partial charge >= 0.3 is 0 Å². The second kappa shape index (κ2) is 7.77. The van der Waals surface area contributed by atoms with Gasteiger partial charge in [0.1, 0.15) is 11.6 Å². The van der Waals surface area contributed by atoms with Crippen molar-refractivity contribution < 1.29 is 14.3 Å². The number of nitrogens with zero attached hydrogens (tertiary/aromatic N) is 3. The number of ether oxygens (including phenoxy) is 1. The van der Waals surface area contributed by atoms with E-state index in [1.807, 2.05) is 49.3 Å². The Kier molecular flexibility index (Phi) is 5.43. The van der Waals surface area contributed by atoms with Crippen LogP contribution in [0.2, 0.25) is 0 Å². The molecule has 1 fully saturated rings. The van der Waals surface area contributed by atoms with Crippen molar-refractivity contribution in [2.24, 2.45) is 0 Å². The largest absolute Gasteiger partial charge is 0.378 e. The maximum atomic E-state index is 13.0. The minimum absolute atomic E-state index is 0.0174. The van der Waals surface area contributed by atoms with Crippen molar-refractivity contribution in [1.29, 1.82) is 5.26 Å². The van der Waals surface area contributed by atoms with E-state index in [9.17, 15) is 14.9 Å². The van der Waals surface area contributed by atoms with Gasteiger partial charge in [-0.3, -0.25) is 14.5 Å². The van der Waals surface area contributed by atoms with Gasteiger partial charge in [-0.05, 0) is 49.1 Å². The van der Waals surface area contributed by atoms with Crippen molar-refractivity contribution in [3.8, 4) is 6.07 Å². The number of benzene rings is 1. The summed E-state index contributed by atoms with van der Waals surface area (Å²) in [7, 11) is 3.91. The summed E-state index contributed by atoms with van der Waals surface area (Å²) in [6, 6.07) is 9.71. The van der Waals surface area contributed by atoms with E-state index in [4.69, 9.17) is 4.74 Å². The number of nitriles is 1. The fourth-order valence-corrected chi connectivity index (χ4v) is 3.32. The molecule has 1 saturated heterocycles. The van der Waals surface area contributed by atoms with Crippen LogP contribution in [0.3, 0.4) is 0 Å². The first kappa shape index (κ1) is 18.9. The lowest BCUT2D eigenvalue weighted by molar-refractivity contribution is -0.142. The molecule has 0 N–H and O–H groups in total. The molecule has 1 aromatic carbocycles. The molecule has 0 spiro atoms. The lowest BCUT2D eigenvalue weighted by Crippen LogP contribution is -2.46. The molecule has 2 heterocycles. The first-order valence-electron chi connectivity index (χ1n) is 9.00. The van der Waals surface area contributed by atoms with Crippen LogP contribution >= 0.6 is 0 Å². The van der Waals surface area contributed by atoms with Gasteiger partial charge < -0.3 is 9.64 Å². The van der Waals surface area contributed by atoms with Crippen LogP contribution in [0.5, 0.6) is 0 Å². The maximum Gasteiger partial charge on any atom is 0.271 e. The zero-order valence-corrected chi connectivity index (χ0v) is 15.9. The first-order chi connectivity index (χ1) is 12.9. The Morgan fingerprint density at radius 2 is 1.96 bits per heavy atom.